The fraction of sp³-hybridized carbons (Fsp3) is 0.250. The summed E-state index contributed by atoms with van der Waals surface area (Å²) in [6.07, 6.45) is 4.77. The van der Waals surface area contributed by atoms with Crippen LogP contribution < -0.4 is 0 Å². The minimum Gasteiger partial charge on any atom is -0.298 e. The van der Waals surface area contributed by atoms with Gasteiger partial charge in [-0.25, -0.2) is 9.37 Å². The molecule has 2 rings (SSSR count). The van der Waals surface area contributed by atoms with E-state index in [0.717, 1.165) is 12.5 Å². The first-order valence-electron chi connectivity index (χ1n) is 5.70. The Morgan fingerprint density at radius 3 is 2.89 bits per heavy atom. The SMILES string of the molecule is CCCc1nccn1-c1cc(Br)c(F)cc1[N+](=O)[O-]. The Balaban J connectivity index is 2.63. The molecule has 0 aliphatic carbocycles. The van der Waals surface area contributed by atoms with E-state index in [4.69, 9.17) is 0 Å². The molecule has 0 atom stereocenters. The molecular formula is C12H11BrFN3O2. The third-order valence-corrected chi connectivity index (χ3v) is 3.27. The van der Waals surface area contributed by atoms with E-state index in [9.17, 15) is 14.5 Å². The number of aryl methyl sites for hydroxylation is 1. The summed E-state index contributed by atoms with van der Waals surface area (Å²) in [4.78, 5) is 14.6. The molecule has 1 aromatic heterocycles. The number of nitro benzene ring substituents is 1. The van der Waals surface area contributed by atoms with Crippen LogP contribution in [0.4, 0.5) is 10.1 Å². The van der Waals surface area contributed by atoms with Gasteiger partial charge in [-0.3, -0.25) is 14.7 Å². The molecule has 1 aromatic carbocycles. The predicted molar refractivity (Wildman–Crippen MR) is 71.9 cm³/mol. The molecule has 0 aliphatic rings. The van der Waals surface area contributed by atoms with Gasteiger partial charge in [0.1, 0.15) is 17.3 Å². The summed E-state index contributed by atoms with van der Waals surface area (Å²) in [5.41, 5.74) is 0.0234. The molecule has 1 heterocycles. The number of halogens is 2. The lowest BCUT2D eigenvalue weighted by molar-refractivity contribution is -0.384. The molecule has 0 spiro atoms. The van der Waals surface area contributed by atoms with Crippen molar-refractivity contribution in [3.8, 4) is 5.69 Å². The lowest BCUT2D eigenvalue weighted by atomic mass is 10.2. The molecule has 0 radical (unpaired) electrons. The van der Waals surface area contributed by atoms with Crippen LogP contribution >= 0.6 is 15.9 Å². The van der Waals surface area contributed by atoms with E-state index in [0.29, 0.717) is 17.9 Å². The van der Waals surface area contributed by atoms with Crippen LogP contribution in [0.3, 0.4) is 0 Å². The van der Waals surface area contributed by atoms with Crippen LogP contribution in [0.25, 0.3) is 5.69 Å². The first kappa shape index (κ1) is 13.7. The normalized spacial score (nSPS) is 10.7. The standard InChI is InChI=1S/C12H11BrFN3O2/c1-2-3-12-15-4-5-16(12)10-6-8(13)9(14)7-11(10)17(18)19/h4-7H,2-3H2,1H3. The van der Waals surface area contributed by atoms with E-state index in [1.165, 1.54) is 6.07 Å². The van der Waals surface area contributed by atoms with Gasteiger partial charge >= 0.3 is 0 Å². The fourth-order valence-corrected chi connectivity index (χ4v) is 2.16. The van der Waals surface area contributed by atoms with E-state index in [-0.39, 0.29) is 10.2 Å². The minimum absolute atomic E-state index is 0.184. The second kappa shape index (κ2) is 5.48. The van der Waals surface area contributed by atoms with Crippen molar-refractivity contribution in [3.05, 3.63) is 50.8 Å². The van der Waals surface area contributed by atoms with Gasteiger partial charge in [-0.1, -0.05) is 6.92 Å². The van der Waals surface area contributed by atoms with E-state index >= 15 is 0 Å². The Labute approximate surface area is 117 Å². The molecule has 100 valence electrons. The van der Waals surface area contributed by atoms with E-state index in [1.807, 2.05) is 6.92 Å². The van der Waals surface area contributed by atoms with Gasteiger partial charge in [0.2, 0.25) is 0 Å². The molecule has 0 aliphatic heterocycles. The van der Waals surface area contributed by atoms with Gasteiger partial charge in [0.25, 0.3) is 5.69 Å². The summed E-state index contributed by atoms with van der Waals surface area (Å²) < 4.78 is 15.2. The first-order valence-corrected chi connectivity index (χ1v) is 6.50. The number of imidazole rings is 1. The highest BCUT2D eigenvalue weighted by Crippen LogP contribution is 2.30. The highest BCUT2D eigenvalue weighted by molar-refractivity contribution is 9.10. The Morgan fingerprint density at radius 2 is 2.26 bits per heavy atom. The van der Waals surface area contributed by atoms with Gasteiger partial charge in [-0.2, -0.15) is 0 Å². The molecular weight excluding hydrogens is 317 g/mol. The number of hydrogen-bond acceptors (Lipinski definition) is 3. The Kier molecular flexibility index (Phi) is 3.94. The summed E-state index contributed by atoms with van der Waals surface area (Å²) in [6.45, 7) is 1.99. The van der Waals surface area contributed by atoms with Crippen LogP contribution in [-0.4, -0.2) is 14.5 Å². The quantitative estimate of drug-likeness (QED) is 0.636. The lowest BCUT2D eigenvalue weighted by Crippen LogP contribution is -2.04. The van der Waals surface area contributed by atoms with E-state index in [1.54, 1.807) is 17.0 Å². The molecule has 0 bridgehead atoms. The number of rotatable bonds is 4. The molecule has 7 heteroatoms. The van der Waals surface area contributed by atoms with Gasteiger partial charge in [0.15, 0.2) is 0 Å². The Bertz CT molecular complexity index is 627. The van der Waals surface area contributed by atoms with Crippen molar-refractivity contribution in [2.45, 2.75) is 19.8 Å². The average molecular weight is 328 g/mol. The second-order valence-corrected chi connectivity index (χ2v) is 4.83. The second-order valence-electron chi connectivity index (χ2n) is 3.98. The van der Waals surface area contributed by atoms with Crippen LogP contribution in [-0.2, 0) is 6.42 Å². The minimum atomic E-state index is -0.660. The maximum atomic E-state index is 13.4. The number of hydrogen-bond donors (Lipinski definition) is 0. The molecule has 0 fully saturated rings. The predicted octanol–water partition coefficient (Wildman–Crippen LogP) is 3.63. The number of nitrogens with zero attached hydrogens (tertiary/aromatic N) is 3. The molecule has 2 aromatic rings. The van der Waals surface area contributed by atoms with Gasteiger partial charge in [0.05, 0.1) is 15.5 Å². The average Bonchev–Trinajstić information content (AvgIpc) is 2.80. The van der Waals surface area contributed by atoms with Crippen molar-refractivity contribution < 1.29 is 9.31 Å². The van der Waals surface area contributed by atoms with Crippen molar-refractivity contribution >= 4 is 21.6 Å². The zero-order valence-corrected chi connectivity index (χ0v) is 11.7. The zero-order chi connectivity index (χ0) is 14.0. The topological polar surface area (TPSA) is 61.0 Å². The van der Waals surface area contributed by atoms with E-state index in [2.05, 4.69) is 20.9 Å². The maximum absolute atomic E-state index is 13.4. The molecule has 0 saturated heterocycles. The maximum Gasteiger partial charge on any atom is 0.296 e. The van der Waals surface area contributed by atoms with Crippen LogP contribution in [0.15, 0.2) is 29.0 Å². The van der Waals surface area contributed by atoms with Crippen molar-refractivity contribution in [2.24, 2.45) is 0 Å². The van der Waals surface area contributed by atoms with Crippen molar-refractivity contribution in [1.29, 1.82) is 0 Å². The highest BCUT2D eigenvalue weighted by Gasteiger charge is 2.20. The summed E-state index contributed by atoms with van der Waals surface area (Å²) in [6, 6.07) is 2.31. The smallest absolute Gasteiger partial charge is 0.296 e. The van der Waals surface area contributed by atoms with Crippen molar-refractivity contribution in [3.63, 3.8) is 0 Å². The molecule has 5 nitrogen and oxygen atoms in total. The number of benzene rings is 1. The van der Waals surface area contributed by atoms with Gasteiger partial charge in [-0.15, -0.1) is 0 Å². The summed E-state index contributed by atoms with van der Waals surface area (Å²) in [7, 11) is 0. The number of nitro groups is 1. The molecule has 0 amide bonds. The van der Waals surface area contributed by atoms with E-state index < -0.39 is 10.7 Å². The summed E-state index contributed by atoms with van der Waals surface area (Å²) in [5.74, 6) is 0.0525. The Hall–Kier alpha value is -1.76. The van der Waals surface area contributed by atoms with Gasteiger partial charge in [0, 0.05) is 18.8 Å². The Morgan fingerprint density at radius 1 is 1.53 bits per heavy atom. The van der Waals surface area contributed by atoms with Crippen LogP contribution in [0.1, 0.15) is 19.2 Å². The van der Waals surface area contributed by atoms with Gasteiger partial charge in [-0.05, 0) is 28.4 Å². The first-order chi connectivity index (χ1) is 9.04. The third-order valence-electron chi connectivity index (χ3n) is 2.66. The van der Waals surface area contributed by atoms with Crippen molar-refractivity contribution in [2.75, 3.05) is 0 Å². The molecule has 19 heavy (non-hydrogen) atoms. The van der Waals surface area contributed by atoms with Crippen LogP contribution in [0.5, 0.6) is 0 Å². The third kappa shape index (κ3) is 2.65. The van der Waals surface area contributed by atoms with Crippen LogP contribution in [0.2, 0.25) is 0 Å². The molecule has 0 unspecified atom stereocenters. The zero-order valence-electron chi connectivity index (χ0n) is 10.1. The van der Waals surface area contributed by atoms with Crippen LogP contribution in [0, 0.1) is 15.9 Å². The van der Waals surface area contributed by atoms with Crippen molar-refractivity contribution in [1.82, 2.24) is 9.55 Å². The summed E-state index contributed by atoms with van der Waals surface area (Å²) in [5, 5.41) is 11.0. The molecule has 0 saturated carbocycles. The lowest BCUT2D eigenvalue weighted by Gasteiger charge is -2.09. The number of aromatic nitrogens is 2. The molecule has 0 N–H and O–H groups in total. The summed E-state index contributed by atoms with van der Waals surface area (Å²) >= 11 is 3.05. The highest BCUT2D eigenvalue weighted by atomic mass is 79.9. The fourth-order valence-electron chi connectivity index (χ4n) is 1.83. The monoisotopic (exact) mass is 327 g/mol. The largest absolute Gasteiger partial charge is 0.298 e. The van der Waals surface area contributed by atoms with Gasteiger partial charge < -0.3 is 0 Å².